The van der Waals surface area contributed by atoms with Crippen LogP contribution in [0.4, 0.5) is 45.5 Å². The molecule has 0 amide bonds. The van der Waals surface area contributed by atoms with E-state index in [4.69, 9.17) is 8.85 Å². The molecule has 2 atom stereocenters. The summed E-state index contributed by atoms with van der Waals surface area (Å²) in [7, 11) is 0. The second-order valence-electron chi connectivity index (χ2n) is 29.0. The van der Waals surface area contributed by atoms with Crippen molar-refractivity contribution in [3.8, 4) is 5.75 Å². The molecule has 7 aromatic carbocycles. The number of nitrogens with zero attached hydrogens (tertiary/aromatic N) is 3. The molecule has 0 saturated heterocycles. The van der Waals surface area contributed by atoms with E-state index in [1.807, 2.05) is 35.2 Å². The lowest BCUT2D eigenvalue weighted by molar-refractivity contribution is 0.281. The van der Waals surface area contributed by atoms with Crippen molar-refractivity contribution in [1.29, 1.82) is 0 Å². The molecule has 5 heteroatoms. The smallest absolute Gasteiger partial charge is 0.267 e. The Labute approximate surface area is 469 Å². The number of para-hydroxylation sites is 2. The van der Waals surface area contributed by atoms with Crippen LogP contribution in [0.1, 0.15) is 200 Å². The second kappa shape index (κ2) is 16.7. The third-order valence-corrected chi connectivity index (χ3v) is 20.1. The highest BCUT2D eigenvalue weighted by molar-refractivity contribution is 6.91. The molecule has 3 aliphatic heterocycles. The number of benzene rings is 7. The molecule has 394 valence electrons. The van der Waals surface area contributed by atoms with Crippen molar-refractivity contribution >= 4 is 63.1 Å². The molecule has 0 aromatic heterocycles. The summed E-state index contributed by atoms with van der Waals surface area (Å²) in [5, 5.41) is 0. The molecular formula is C72H82BN3O. The van der Waals surface area contributed by atoms with Gasteiger partial charge in [0.25, 0.3) is 6.71 Å². The van der Waals surface area contributed by atoms with E-state index < -0.39 is 6.04 Å². The van der Waals surface area contributed by atoms with Crippen LogP contribution in [0.15, 0.2) is 139 Å². The van der Waals surface area contributed by atoms with Crippen LogP contribution >= 0.6 is 0 Å². The van der Waals surface area contributed by atoms with Crippen molar-refractivity contribution in [2.45, 2.75) is 192 Å². The summed E-state index contributed by atoms with van der Waals surface area (Å²) in [6, 6.07) is 38.7. The van der Waals surface area contributed by atoms with Gasteiger partial charge in [-0.2, -0.15) is 0 Å². The van der Waals surface area contributed by atoms with Gasteiger partial charge < -0.3 is 19.4 Å². The summed E-state index contributed by atoms with van der Waals surface area (Å²) in [6.45, 7) is 35.5. The van der Waals surface area contributed by atoms with Crippen LogP contribution in [-0.4, -0.2) is 12.7 Å². The van der Waals surface area contributed by atoms with Gasteiger partial charge in [-0.1, -0.05) is 171 Å². The van der Waals surface area contributed by atoms with Crippen molar-refractivity contribution in [2.24, 2.45) is 0 Å². The minimum absolute atomic E-state index is 0.00198. The monoisotopic (exact) mass is 1020 g/mol. The number of hydrogen-bond acceptors (Lipinski definition) is 4. The van der Waals surface area contributed by atoms with Crippen LogP contribution in [0.2, 0.25) is 0 Å². The lowest BCUT2D eigenvalue weighted by Crippen LogP contribution is -2.65. The highest BCUT2D eigenvalue weighted by Crippen LogP contribution is 2.58. The standard InChI is InChI=1S/C72H82BN3O/c1-66(2,3)45-26-29-51-62(38-45)77-65-64(51)76(49-28-31-53-55(40-49)70(10,11)35-33-68(53,6)7)61-42-50(74(46-22-18-16-19-23-46)47-24-20-17-21-25-47)41-60-63(61)73(65)58-43-56-57(72(14,15)37-36-71(56,12)13)44-59(58)75(60)48-27-30-52-54(39-48)69(8,9)34-32-67(52,4)5/h16-31,38-44,64-65H,32-37H2,1-15H3/i16D,18D,19D,22D,23D. The topological polar surface area (TPSA) is 19.0 Å². The zero-order valence-electron chi connectivity index (χ0n) is 53.6. The summed E-state index contributed by atoms with van der Waals surface area (Å²) < 4.78 is 54.3. The maximum Gasteiger partial charge on any atom is 0.267 e. The highest BCUT2D eigenvalue weighted by Gasteiger charge is 2.57. The molecule has 3 heterocycles. The molecule has 0 N–H and O–H groups in total. The molecular weight excluding hydrogens is 934 g/mol. The quantitative estimate of drug-likeness (QED) is 0.160. The van der Waals surface area contributed by atoms with Gasteiger partial charge in [0.05, 0.1) is 18.6 Å². The van der Waals surface area contributed by atoms with E-state index in [0.717, 1.165) is 83.7 Å². The highest BCUT2D eigenvalue weighted by atomic mass is 16.5. The Hall–Kier alpha value is -6.20. The van der Waals surface area contributed by atoms with Crippen LogP contribution in [-0.2, 0) is 37.9 Å². The molecule has 77 heavy (non-hydrogen) atoms. The molecule has 0 bridgehead atoms. The first-order valence-electron chi connectivity index (χ1n) is 31.3. The zero-order chi connectivity index (χ0) is 58.5. The van der Waals surface area contributed by atoms with Crippen molar-refractivity contribution in [2.75, 3.05) is 14.7 Å². The molecule has 7 aromatic rings. The molecule has 13 rings (SSSR count). The van der Waals surface area contributed by atoms with Crippen LogP contribution in [0, 0.1) is 0 Å². The Morgan fingerprint density at radius 3 is 1.61 bits per heavy atom. The van der Waals surface area contributed by atoms with Gasteiger partial charge in [-0.3, -0.25) is 0 Å². The van der Waals surface area contributed by atoms with Gasteiger partial charge in [0.1, 0.15) is 11.8 Å². The number of fused-ring (bicyclic) bond motifs is 9. The van der Waals surface area contributed by atoms with Gasteiger partial charge in [0.2, 0.25) is 0 Å². The molecule has 2 unspecified atom stereocenters. The maximum absolute atomic E-state index is 9.70. The molecule has 0 spiro atoms. The third kappa shape index (κ3) is 7.73. The summed E-state index contributed by atoms with van der Waals surface area (Å²) in [5.74, 6) is 0.911. The fourth-order valence-electron chi connectivity index (χ4n) is 14.9. The van der Waals surface area contributed by atoms with Gasteiger partial charge in [0.15, 0.2) is 0 Å². The summed E-state index contributed by atoms with van der Waals surface area (Å²) >= 11 is 0. The van der Waals surface area contributed by atoms with E-state index in [2.05, 4.69) is 193 Å². The summed E-state index contributed by atoms with van der Waals surface area (Å²) in [5.41, 5.74) is 19.3. The molecule has 0 saturated carbocycles. The average Bonchev–Trinajstić information content (AvgIpc) is 1.48. The van der Waals surface area contributed by atoms with Crippen LogP contribution in [0.25, 0.3) is 0 Å². The summed E-state index contributed by atoms with van der Waals surface area (Å²) in [6.07, 6.45) is 6.49. The Morgan fingerprint density at radius 2 is 1.03 bits per heavy atom. The fraction of sp³-hybridized carbons (Fsp3) is 0.417. The van der Waals surface area contributed by atoms with Gasteiger partial charge in [-0.15, -0.1) is 0 Å². The van der Waals surface area contributed by atoms with Crippen molar-refractivity contribution < 1.29 is 11.6 Å². The number of hydrogen-bond donors (Lipinski definition) is 0. The van der Waals surface area contributed by atoms with Crippen molar-refractivity contribution in [3.63, 3.8) is 0 Å². The van der Waals surface area contributed by atoms with E-state index in [9.17, 15) is 2.74 Å². The minimum Gasteiger partial charge on any atom is -0.495 e. The maximum atomic E-state index is 9.70. The molecule has 3 aliphatic carbocycles. The normalized spacial score (nSPS) is 22.9. The zero-order valence-corrected chi connectivity index (χ0v) is 48.6. The summed E-state index contributed by atoms with van der Waals surface area (Å²) in [4.78, 5) is 7.06. The number of anilines is 8. The molecule has 6 aliphatic rings. The van der Waals surface area contributed by atoms with Gasteiger partial charge in [-0.05, 0) is 199 Å². The van der Waals surface area contributed by atoms with Crippen molar-refractivity contribution in [1.82, 2.24) is 0 Å². The SMILES string of the molecule is [2H]c1c([2H])c([2H])c(N(c2ccccc2)c2cc3c4c(c2)N(c2ccc5c(c2)C(C)(C)CCC5(C)C)C2c5ccc(C(C)(C)C)cc5OC2B4c2cc4c(cc2N3c2ccc3c(c2)C(C)(C)CCC3(C)C)C(C)(C)CCC4(C)C)c([2H])c1[2H]. The first kappa shape index (κ1) is 44.8. The first-order chi connectivity index (χ1) is 38.3. The Bertz CT molecular complexity index is 3820. The minimum atomic E-state index is -0.420. The Morgan fingerprint density at radius 1 is 0.506 bits per heavy atom. The van der Waals surface area contributed by atoms with Crippen LogP contribution in [0.5, 0.6) is 5.75 Å². The Kier molecular flexibility index (Phi) is 9.69. The van der Waals surface area contributed by atoms with E-state index in [1.165, 1.54) is 44.4 Å². The van der Waals surface area contributed by atoms with Crippen molar-refractivity contribution in [3.05, 3.63) is 184 Å². The van der Waals surface area contributed by atoms with E-state index in [-0.39, 0.29) is 86.5 Å². The lowest BCUT2D eigenvalue weighted by atomic mass is 9.32. The van der Waals surface area contributed by atoms with Gasteiger partial charge in [-0.25, -0.2) is 0 Å². The fourth-order valence-corrected chi connectivity index (χ4v) is 14.9. The number of rotatable bonds is 5. The largest absolute Gasteiger partial charge is 0.495 e. The predicted octanol–water partition coefficient (Wildman–Crippen LogP) is 18.1. The van der Waals surface area contributed by atoms with E-state index in [0.29, 0.717) is 11.4 Å². The molecule has 4 nitrogen and oxygen atoms in total. The van der Waals surface area contributed by atoms with E-state index >= 15 is 0 Å². The molecule has 0 radical (unpaired) electrons. The van der Waals surface area contributed by atoms with Gasteiger partial charge >= 0.3 is 0 Å². The van der Waals surface area contributed by atoms with Crippen LogP contribution < -0.4 is 30.4 Å². The van der Waals surface area contributed by atoms with Gasteiger partial charge in [0, 0.05) is 45.4 Å². The third-order valence-electron chi connectivity index (χ3n) is 20.1. The Balaban J connectivity index is 1.21. The van der Waals surface area contributed by atoms with Crippen LogP contribution in [0.3, 0.4) is 0 Å². The van der Waals surface area contributed by atoms with E-state index in [1.54, 1.807) is 0 Å². The first-order valence-corrected chi connectivity index (χ1v) is 28.8. The number of ether oxygens (including phenoxy) is 1. The molecule has 0 fully saturated rings. The predicted molar refractivity (Wildman–Crippen MR) is 328 cm³/mol. The second-order valence-corrected chi connectivity index (χ2v) is 29.0. The average molecular weight is 1020 g/mol. The lowest BCUT2D eigenvalue weighted by Gasteiger charge is -2.50.